The first-order chi connectivity index (χ1) is 13.7. The van der Waals surface area contributed by atoms with Gasteiger partial charge in [-0.2, -0.15) is 0 Å². The number of rotatable bonds is 9. The van der Waals surface area contributed by atoms with Crippen molar-refractivity contribution in [3.05, 3.63) is 28.8 Å². The molecular formula is C19H28ClN3O5S. The fourth-order valence-corrected chi connectivity index (χ4v) is 4.69. The van der Waals surface area contributed by atoms with Gasteiger partial charge in [0.05, 0.1) is 17.7 Å². The van der Waals surface area contributed by atoms with Crippen molar-refractivity contribution in [1.29, 1.82) is 0 Å². The van der Waals surface area contributed by atoms with Crippen molar-refractivity contribution in [3.63, 3.8) is 0 Å². The minimum atomic E-state index is -3.91. The van der Waals surface area contributed by atoms with Crippen LogP contribution in [0.3, 0.4) is 0 Å². The molecule has 1 saturated heterocycles. The fraction of sp³-hybridized carbons (Fsp3) is 0.579. The molecule has 1 atom stereocenters. The van der Waals surface area contributed by atoms with E-state index in [2.05, 4.69) is 4.72 Å². The molecule has 0 saturated carbocycles. The maximum absolute atomic E-state index is 12.7. The van der Waals surface area contributed by atoms with Crippen LogP contribution in [0.25, 0.3) is 0 Å². The number of nitrogens with one attached hydrogen (secondary N) is 1. The lowest BCUT2D eigenvalue weighted by Crippen LogP contribution is -2.41. The predicted octanol–water partition coefficient (Wildman–Crippen LogP) is 1.74. The van der Waals surface area contributed by atoms with Crippen LogP contribution >= 0.6 is 11.6 Å². The number of amides is 2. The second-order valence-electron chi connectivity index (χ2n) is 6.86. The highest BCUT2D eigenvalue weighted by Gasteiger charge is 2.25. The minimum absolute atomic E-state index is 0.0169. The summed E-state index contributed by atoms with van der Waals surface area (Å²) < 4.78 is 33.2. The van der Waals surface area contributed by atoms with E-state index >= 15 is 0 Å². The van der Waals surface area contributed by atoms with E-state index in [-0.39, 0.29) is 40.6 Å². The van der Waals surface area contributed by atoms with Gasteiger partial charge >= 0.3 is 0 Å². The maximum atomic E-state index is 12.7. The van der Waals surface area contributed by atoms with Gasteiger partial charge in [0, 0.05) is 38.9 Å². The molecule has 0 aromatic heterocycles. The normalized spacial score (nSPS) is 16.6. The second-order valence-corrected chi connectivity index (χ2v) is 9.00. The largest absolute Gasteiger partial charge is 0.377 e. The van der Waals surface area contributed by atoms with Gasteiger partial charge in [-0.3, -0.25) is 9.59 Å². The molecule has 1 aromatic carbocycles. The number of carbonyl (C=O) groups excluding carboxylic acids is 2. The van der Waals surface area contributed by atoms with Gasteiger partial charge < -0.3 is 14.5 Å². The topological polar surface area (TPSA) is 96.0 Å². The van der Waals surface area contributed by atoms with E-state index in [1.54, 1.807) is 4.90 Å². The van der Waals surface area contributed by atoms with Crippen LogP contribution < -0.4 is 4.72 Å². The summed E-state index contributed by atoms with van der Waals surface area (Å²) in [6.45, 7) is 5.51. The van der Waals surface area contributed by atoms with Crippen LogP contribution in [0.5, 0.6) is 0 Å². The Labute approximate surface area is 177 Å². The lowest BCUT2D eigenvalue weighted by Gasteiger charge is -2.23. The van der Waals surface area contributed by atoms with E-state index in [1.165, 1.54) is 30.1 Å². The number of carbonyl (C=O) groups is 2. The van der Waals surface area contributed by atoms with Gasteiger partial charge in [-0.25, -0.2) is 13.1 Å². The zero-order chi connectivity index (χ0) is 21.6. The Morgan fingerprint density at radius 2 is 1.97 bits per heavy atom. The van der Waals surface area contributed by atoms with Crippen molar-refractivity contribution in [2.45, 2.75) is 37.7 Å². The van der Waals surface area contributed by atoms with Crippen molar-refractivity contribution >= 4 is 33.4 Å². The molecule has 8 nitrogen and oxygen atoms in total. The molecule has 1 aromatic rings. The lowest BCUT2D eigenvalue weighted by atomic mass is 10.2. The summed E-state index contributed by atoms with van der Waals surface area (Å²) in [4.78, 5) is 27.7. The summed E-state index contributed by atoms with van der Waals surface area (Å²) in [6, 6.07) is 4.05. The van der Waals surface area contributed by atoms with Crippen LogP contribution in [0, 0.1) is 0 Å². The summed E-state index contributed by atoms with van der Waals surface area (Å²) in [5.41, 5.74) is 0.140. The molecule has 1 fully saturated rings. The van der Waals surface area contributed by atoms with Crippen molar-refractivity contribution in [3.8, 4) is 0 Å². The summed E-state index contributed by atoms with van der Waals surface area (Å²) in [6.07, 6.45) is 1.53. The highest BCUT2D eigenvalue weighted by molar-refractivity contribution is 7.89. The molecular weight excluding hydrogens is 418 g/mol. The van der Waals surface area contributed by atoms with Gasteiger partial charge in [0.1, 0.15) is 4.90 Å². The summed E-state index contributed by atoms with van der Waals surface area (Å²) >= 11 is 6.09. The first-order valence-electron chi connectivity index (χ1n) is 9.63. The first-order valence-corrected chi connectivity index (χ1v) is 11.5. The van der Waals surface area contributed by atoms with Gasteiger partial charge in [-0.15, -0.1) is 0 Å². The lowest BCUT2D eigenvalue weighted by molar-refractivity contribution is -0.131. The highest BCUT2D eigenvalue weighted by atomic mass is 35.5. The number of hydrogen-bond acceptors (Lipinski definition) is 5. The Morgan fingerprint density at radius 1 is 1.28 bits per heavy atom. The van der Waals surface area contributed by atoms with Gasteiger partial charge in [0.2, 0.25) is 15.9 Å². The van der Waals surface area contributed by atoms with Crippen LogP contribution in [0.4, 0.5) is 0 Å². The standard InChI is InChI=1S/C19H28ClN3O5S/c1-4-23(5-2)18(24)13-22(3)19(25)14-8-9-16(20)17(11-14)29(26,27)21-12-15-7-6-10-28-15/h8-9,11,15,21H,4-7,10,12-13H2,1-3H3. The SMILES string of the molecule is CCN(CC)C(=O)CN(C)C(=O)c1ccc(Cl)c(S(=O)(=O)NCC2CCCO2)c1. The van der Waals surface area contributed by atoms with Crippen LogP contribution in [-0.2, 0) is 19.6 Å². The average Bonchev–Trinajstić information content (AvgIpc) is 3.21. The van der Waals surface area contributed by atoms with E-state index in [0.29, 0.717) is 19.7 Å². The molecule has 0 bridgehead atoms. The second kappa shape index (κ2) is 10.4. The van der Waals surface area contributed by atoms with E-state index < -0.39 is 15.9 Å². The number of likely N-dealkylation sites (N-methyl/N-ethyl adjacent to an activating group) is 2. The summed E-state index contributed by atoms with van der Waals surface area (Å²) in [5, 5.41) is 0.0169. The van der Waals surface area contributed by atoms with Gasteiger partial charge in [0.15, 0.2) is 0 Å². The Hall–Kier alpha value is -1.68. The molecule has 1 heterocycles. The number of nitrogens with zero attached hydrogens (tertiary/aromatic N) is 2. The number of sulfonamides is 1. The van der Waals surface area contributed by atoms with Crippen LogP contribution in [0.15, 0.2) is 23.1 Å². The molecule has 0 spiro atoms. The molecule has 1 unspecified atom stereocenters. The monoisotopic (exact) mass is 445 g/mol. The molecule has 0 aliphatic carbocycles. The third kappa shape index (κ3) is 6.15. The van der Waals surface area contributed by atoms with Gasteiger partial charge in [-0.05, 0) is 44.9 Å². The molecule has 1 aliphatic rings. The number of ether oxygens (including phenoxy) is 1. The Kier molecular flexibility index (Phi) is 8.45. The Bertz CT molecular complexity index is 836. The predicted molar refractivity (Wildman–Crippen MR) is 111 cm³/mol. The molecule has 1 N–H and O–H groups in total. The van der Waals surface area contributed by atoms with Gasteiger partial charge in [-0.1, -0.05) is 11.6 Å². The van der Waals surface area contributed by atoms with Gasteiger partial charge in [0.25, 0.3) is 5.91 Å². The van der Waals surface area contributed by atoms with Crippen LogP contribution in [0.2, 0.25) is 5.02 Å². The molecule has 10 heteroatoms. The molecule has 2 amide bonds. The highest BCUT2D eigenvalue weighted by Crippen LogP contribution is 2.24. The third-order valence-corrected chi connectivity index (χ3v) is 6.73. The Morgan fingerprint density at radius 3 is 2.55 bits per heavy atom. The molecule has 162 valence electrons. The maximum Gasteiger partial charge on any atom is 0.254 e. The molecule has 1 aliphatic heterocycles. The van der Waals surface area contributed by atoms with Crippen LogP contribution in [-0.4, -0.2) is 76.0 Å². The van der Waals surface area contributed by atoms with Crippen molar-refractivity contribution in [1.82, 2.24) is 14.5 Å². The zero-order valence-electron chi connectivity index (χ0n) is 17.0. The van der Waals surface area contributed by atoms with E-state index in [4.69, 9.17) is 16.3 Å². The first kappa shape index (κ1) is 23.6. The quantitative estimate of drug-likeness (QED) is 0.624. The average molecular weight is 446 g/mol. The van der Waals surface area contributed by atoms with Crippen molar-refractivity contribution < 1.29 is 22.7 Å². The van der Waals surface area contributed by atoms with Crippen LogP contribution in [0.1, 0.15) is 37.0 Å². The van der Waals surface area contributed by atoms with E-state index in [0.717, 1.165) is 12.8 Å². The minimum Gasteiger partial charge on any atom is -0.377 e. The fourth-order valence-electron chi connectivity index (χ4n) is 3.10. The third-order valence-electron chi connectivity index (χ3n) is 4.83. The molecule has 0 radical (unpaired) electrons. The molecule has 2 rings (SSSR count). The zero-order valence-corrected chi connectivity index (χ0v) is 18.6. The van der Waals surface area contributed by atoms with Crippen molar-refractivity contribution in [2.75, 3.05) is 39.8 Å². The summed E-state index contributed by atoms with van der Waals surface area (Å²) in [7, 11) is -2.41. The number of halogens is 1. The van der Waals surface area contributed by atoms with E-state index in [1.807, 2.05) is 13.8 Å². The smallest absolute Gasteiger partial charge is 0.254 e. The summed E-state index contributed by atoms with van der Waals surface area (Å²) in [5.74, 6) is -0.636. The number of benzene rings is 1. The van der Waals surface area contributed by atoms with Crippen molar-refractivity contribution in [2.24, 2.45) is 0 Å². The molecule has 29 heavy (non-hydrogen) atoms. The van der Waals surface area contributed by atoms with E-state index in [9.17, 15) is 18.0 Å². The number of hydrogen-bond donors (Lipinski definition) is 1. The Balaban J connectivity index is 2.13.